The molecule has 5 heteroatoms. The lowest BCUT2D eigenvalue weighted by Crippen LogP contribution is -2.25. The largest absolute Gasteiger partial charge is 0.351 e. The molecule has 0 saturated heterocycles. The van der Waals surface area contributed by atoms with Gasteiger partial charge >= 0.3 is 0 Å². The first-order valence-corrected chi connectivity index (χ1v) is 7.55. The molecule has 0 spiro atoms. The second-order valence-electron chi connectivity index (χ2n) is 4.16. The Morgan fingerprint density at radius 2 is 2.17 bits per heavy atom. The highest BCUT2D eigenvalue weighted by Gasteiger charge is 2.08. The number of benzene rings is 1. The van der Waals surface area contributed by atoms with E-state index in [4.69, 9.17) is 0 Å². The van der Waals surface area contributed by atoms with Crippen molar-refractivity contribution in [1.29, 1.82) is 0 Å². The molecule has 18 heavy (non-hydrogen) atoms. The number of para-hydroxylation sites is 1. The van der Waals surface area contributed by atoms with Crippen LogP contribution in [-0.4, -0.2) is 33.7 Å². The van der Waals surface area contributed by atoms with Gasteiger partial charge in [-0.05, 0) is 18.6 Å². The lowest BCUT2D eigenvalue weighted by molar-refractivity contribution is 0.0949. The molecular formula is C13H16N2O2S. The van der Waals surface area contributed by atoms with Gasteiger partial charge < -0.3 is 10.3 Å². The van der Waals surface area contributed by atoms with Crippen molar-refractivity contribution < 1.29 is 9.00 Å². The van der Waals surface area contributed by atoms with E-state index in [1.807, 2.05) is 30.3 Å². The summed E-state index contributed by atoms with van der Waals surface area (Å²) in [5.74, 6) is 0.501. The molecule has 1 unspecified atom stereocenters. The fourth-order valence-electron chi connectivity index (χ4n) is 1.77. The summed E-state index contributed by atoms with van der Waals surface area (Å²) in [6, 6.07) is 9.60. The van der Waals surface area contributed by atoms with Crippen molar-refractivity contribution >= 4 is 27.6 Å². The van der Waals surface area contributed by atoms with Crippen LogP contribution >= 0.6 is 0 Å². The predicted molar refractivity (Wildman–Crippen MR) is 74.2 cm³/mol. The molecule has 1 atom stereocenters. The van der Waals surface area contributed by atoms with Crippen LogP contribution in [0, 0.1) is 0 Å². The smallest absolute Gasteiger partial charge is 0.267 e. The average Bonchev–Trinajstić information content (AvgIpc) is 2.78. The van der Waals surface area contributed by atoms with Crippen LogP contribution in [0.3, 0.4) is 0 Å². The van der Waals surface area contributed by atoms with Crippen molar-refractivity contribution in [3.63, 3.8) is 0 Å². The van der Waals surface area contributed by atoms with Crippen LogP contribution in [0.2, 0.25) is 0 Å². The Balaban J connectivity index is 1.94. The minimum absolute atomic E-state index is 0.118. The summed E-state index contributed by atoms with van der Waals surface area (Å²) < 4.78 is 10.9. The predicted octanol–water partition coefficient (Wildman–Crippen LogP) is 1.67. The van der Waals surface area contributed by atoms with Crippen molar-refractivity contribution in [3.8, 4) is 0 Å². The second-order valence-corrected chi connectivity index (χ2v) is 5.71. The fraction of sp³-hybridized carbons (Fsp3) is 0.308. The van der Waals surface area contributed by atoms with Gasteiger partial charge in [0, 0.05) is 40.3 Å². The van der Waals surface area contributed by atoms with E-state index in [-0.39, 0.29) is 5.91 Å². The van der Waals surface area contributed by atoms with E-state index in [2.05, 4.69) is 10.3 Å². The van der Waals surface area contributed by atoms with Gasteiger partial charge in [-0.3, -0.25) is 9.00 Å². The van der Waals surface area contributed by atoms with Crippen LogP contribution in [0.5, 0.6) is 0 Å². The second kappa shape index (κ2) is 5.82. The lowest BCUT2D eigenvalue weighted by atomic mass is 10.2. The van der Waals surface area contributed by atoms with E-state index in [0.29, 0.717) is 18.0 Å². The molecule has 1 aromatic carbocycles. The summed E-state index contributed by atoms with van der Waals surface area (Å²) in [5, 5.41) is 3.84. The molecule has 0 aliphatic rings. The maximum atomic E-state index is 11.8. The molecule has 1 amide bonds. The van der Waals surface area contributed by atoms with Gasteiger partial charge in [-0.15, -0.1) is 0 Å². The first-order valence-electron chi connectivity index (χ1n) is 5.83. The zero-order valence-electron chi connectivity index (χ0n) is 10.2. The number of H-pyrrole nitrogens is 1. The van der Waals surface area contributed by atoms with E-state index in [1.54, 1.807) is 6.26 Å². The maximum absolute atomic E-state index is 11.8. The number of carbonyl (C=O) groups excluding carboxylic acids is 1. The van der Waals surface area contributed by atoms with Crippen molar-refractivity contribution in [3.05, 3.63) is 36.0 Å². The number of aromatic amines is 1. The van der Waals surface area contributed by atoms with Crippen LogP contribution in [0.15, 0.2) is 30.3 Å². The highest BCUT2D eigenvalue weighted by molar-refractivity contribution is 7.84. The summed E-state index contributed by atoms with van der Waals surface area (Å²) in [6.45, 7) is 0.549. The molecule has 1 heterocycles. The van der Waals surface area contributed by atoms with Crippen LogP contribution in [0.1, 0.15) is 16.9 Å². The van der Waals surface area contributed by atoms with Crippen molar-refractivity contribution in [2.24, 2.45) is 0 Å². The Hall–Kier alpha value is -1.62. The first-order chi connectivity index (χ1) is 8.66. The van der Waals surface area contributed by atoms with Crippen LogP contribution in [0.4, 0.5) is 0 Å². The summed E-state index contributed by atoms with van der Waals surface area (Å²) in [5.41, 5.74) is 1.52. The molecule has 2 N–H and O–H groups in total. The fourth-order valence-corrected chi connectivity index (χ4v) is 2.32. The standard InChI is InChI=1S/C13H16N2O2S/c1-18(17)8-4-7-14-13(16)12-9-10-5-2-3-6-11(10)15-12/h2-3,5-6,9,15H,4,7-8H2,1H3,(H,14,16). The molecule has 1 aromatic heterocycles. The average molecular weight is 264 g/mol. The number of aromatic nitrogens is 1. The quantitative estimate of drug-likeness (QED) is 0.807. The third-order valence-electron chi connectivity index (χ3n) is 2.67. The Kier molecular flexibility index (Phi) is 4.15. The van der Waals surface area contributed by atoms with E-state index in [1.165, 1.54) is 0 Å². The van der Waals surface area contributed by atoms with Crippen LogP contribution < -0.4 is 5.32 Å². The number of fused-ring (bicyclic) bond motifs is 1. The number of hydrogen-bond donors (Lipinski definition) is 2. The molecule has 0 saturated carbocycles. The normalized spacial score (nSPS) is 12.5. The molecule has 2 rings (SSSR count). The van der Waals surface area contributed by atoms with E-state index in [9.17, 15) is 9.00 Å². The Labute approximate surface area is 108 Å². The number of hydrogen-bond acceptors (Lipinski definition) is 2. The van der Waals surface area contributed by atoms with Gasteiger partial charge in [0.15, 0.2) is 0 Å². The first kappa shape index (κ1) is 12.8. The number of carbonyl (C=O) groups is 1. The van der Waals surface area contributed by atoms with Gasteiger partial charge in [0.2, 0.25) is 0 Å². The van der Waals surface area contributed by atoms with Crippen molar-refractivity contribution in [1.82, 2.24) is 10.3 Å². The van der Waals surface area contributed by atoms with Gasteiger partial charge in [-0.2, -0.15) is 0 Å². The summed E-state index contributed by atoms with van der Waals surface area (Å²) in [4.78, 5) is 14.9. The SMILES string of the molecule is CS(=O)CCCNC(=O)c1cc2ccccc2[nH]1. The molecule has 0 aliphatic heterocycles. The topological polar surface area (TPSA) is 62.0 Å². The van der Waals surface area contributed by atoms with E-state index >= 15 is 0 Å². The van der Waals surface area contributed by atoms with Gasteiger partial charge in [-0.25, -0.2) is 0 Å². The number of nitrogens with one attached hydrogen (secondary N) is 2. The molecule has 0 bridgehead atoms. The Morgan fingerprint density at radius 3 is 2.89 bits per heavy atom. The number of rotatable bonds is 5. The molecule has 0 radical (unpaired) electrons. The number of amides is 1. The zero-order valence-corrected chi connectivity index (χ0v) is 11.0. The zero-order chi connectivity index (χ0) is 13.0. The molecular weight excluding hydrogens is 248 g/mol. The minimum atomic E-state index is -0.796. The Bertz CT molecular complexity index is 544. The summed E-state index contributed by atoms with van der Waals surface area (Å²) in [7, 11) is -0.796. The van der Waals surface area contributed by atoms with Gasteiger partial charge in [0.1, 0.15) is 5.69 Å². The maximum Gasteiger partial charge on any atom is 0.267 e. The van der Waals surface area contributed by atoms with Crippen molar-refractivity contribution in [2.75, 3.05) is 18.6 Å². The molecule has 4 nitrogen and oxygen atoms in total. The van der Waals surface area contributed by atoms with Crippen molar-refractivity contribution in [2.45, 2.75) is 6.42 Å². The van der Waals surface area contributed by atoms with Gasteiger partial charge in [0.25, 0.3) is 5.91 Å². The lowest BCUT2D eigenvalue weighted by Gasteiger charge is -2.02. The molecule has 0 fully saturated rings. The van der Waals surface area contributed by atoms with Gasteiger partial charge in [0.05, 0.1) is 0 Å². The van der Waals surface area contributed by atoms with E-state index in [0.717, 1.165) is 17.3 Å². The van der Waals surface area contributed by atoms with E-state index < -0.39 is 10.8 Å². The van der Waals surface area contributed by atoms with Gasteiger partial charge in [-0.1, -0.05) is 18.2 Å². The third-order valence-corrected chi connectivity index (χ3v) is 3.53. The highest BCUT2D eigenvalue weighted by Crippen LogP contribution is 2.14. The molecule has 2 aromatic rings. The molecule has 96 valence electrons. The summed E-state index contributed by atoms with van der Waals surface area (Å²) >= 11 is 0. The molecule has 0 aliphatic carbocycles. The monoisotopic (exact) mass is 264 g/mol. The third kappa shape index (κ3) is 3.20. The van der Waals surface area contributed by atoms with Crippen LogP contribution in [-0.2, 0) is 10.8 Å². The Morgan fingerprint density at radius 1 is 1.39 bits per heavy atom. The summed E-state index contributed by atoms with van der Waals surface area (Å²) in [6.07, 6.45) is 2.40. The van der Waals surface area contributed by atoms with Crippen LogP contribution in [0.25, 0.3) is 10.9 Å². The minimum Gasteiger partial charge on any atom is -0.351 e. The highest BCUT2D eigenvalue weighted by atomic mass is 32.2.